The first-order valence-corrected chi connectivity index (χ1v) is 9.65. The molecule has 3 nitrogen and oxygen atoms in total. The summed E-state index contributed by atoms with van der Waals surface area (Å²) in [4.78, 5) is 14.5. The number of halogens is 3. The van der Waals surface area contributed by atoms with E-state index in [1.807, 2.05) is 51.1 Å². The van der Waals surface area contributed by atoms with Crippen LogP contribution in [0.5, 0.6) is 0 Å². The maximum Gasteiger partial charge on any atom is 0.414 e. The van der Waals surface area contributed by atoms with Crippen molar-refractivity contribution >= 4 is 27.7 Å². The fourth-order valence-electron chi connectivity index (χ4n) is 3.52. The predicted molar refractivity (Wildman–Crippen MR) is 105 cm³/mol. The van der Waals surface area contributed by atoms with Crippen LogP contribution in [0.15, 0.2) is 40.9 Å². The van der Waals surface area contributed by atoms with Crippen molar-refractivity contribution in [3.05, 3.63) is 63.6 Å². The highest BCUT2D eigenvalue weighted by Crippen LogP contribution is 2.44. The largest absolute Gasteiger partial charge is 0.444 e. The number of hydrogen-bond acceptors (Lipinski definition) is 2. The lowest BCUT2D eigenvalue weighted by atomic mass is 9.79. The van der Waals surface area contributed by atoms with Gasteiger partial charge in [0.1, 0.15) is 6.61 Å². The Balaban J connectivity index is 1.98. The second-order valence-electron chi connectivity index (χ2n) is 7.81. The van der Waals surface area contributed by atoms with Gasteiger partial charge < -0.3 is 4.74 Å². The lowest BCUT2D eigenvalue weighted by molar-refractivity contribution is 0.136. The zero-order chi connectivity index (χ0) is 19.8. The molecule has 1 heterocycles. The van der Waals surface area contributed by atoms with Crippen molar-refractivity contribution in [2.24, 2.45) is 5.41 Å². The Morgan fingerprint density at radius 1 is 1.26 bits per heavy atom. The normalized spacial score (nSPS) is 16.8. The van der Waals surface area contributed by atoms with Gasteiger partial charge in [-0.3, -0.25) is 4.90 Å². The average Bonchev–Trinajstić information content (AvgIpc) is 2.63. The fourth-order valence-corrected chi connectivity index (χ4v) is 4.15. The van der Waals surface area contributed by atoms with E-state index in [-0.39, 0.29) is 23.6 Å². The molecule has 1 aliphatic heterocycles. The van der Waals surface area contributed by atoms with E-state index in [4.69, 9.17) is 4.74 Å². The molecule has 0 bridgehead atoms. The van der Waals surface area contributed by atoms with Crippen LogP contribution in [-0.4, -0.2) is 12.1 Å². The molecular formula is C21H22BrF2NO2. The summed E-state index contributed by atoms with van der Waals surface area (Å²) in [7, 11) is 0. The van der Waals surface area contributed by atoms with Crippen LogP contribution in [0.3, 0.4) is 0 Å². The number of benzene rings is 2. The van der Waals surface area contributed by atoms with E-state index in [0.717, 1.165) is 11.6 Å². The van der Waals surface area contributed by atoms with Crippen LogP contribution in [0.25, 0.3) is 0 Å². The highest BCUT2D eigenvalue weighted by atomic mass is 79.9. The third kappa shape index (κ3) is 4.00. The van der Waals surface area contributed by atoms with Gasteiger partial charge in [0, 0.05) is 16.1 Å². The summed E-state index contributed by atoms with van der Waals surface area (Å²) in [6.07, 6.45) is 0.331. The summed E-state index contributed by atoms with van der Waals surface area (Å²) >= 11 is 3.31. The smallest absolute Gasteiger partial charge is 0.414 e. The van der Waals surface area contributed by atoms with Gasteiger partial charge >= 0.3 is 6.09 Å². The first-order chi connectivity index (χ1) is 12.7. The number of anilines is 1. The number of carbonyl (C=O) groups excluding carboxylic acids is 1. The molecule has 0 spiro atoms. The van der Waals surface area contributed by atoms with Crippen molar-refractivity contribution in [3.63, 3.8) is 0 Å². The van der Waals surface area contributed by atoms with E-state index in [1.165, 1.54) is 4.90 Å². The SMILES string of the molecule is CC(C)(C)C1CCc2c(F)c(F)cc(Br)c2N1C(=O)OCc1ccccc1. The van der Waals surface area contributed by atoms with Crippen LogP contribution < -0.4 is 4.90 Å². The molecule has 1 unspecified atom stereocenters. The molecule has 1 amide bonds. The number of hydrogen-bond donors (Lipinski definition) is 0. The first kappa shape index (κ1) is 19.8. The number of nitrogens with zero attached hydrogens (tertiary/aromatic N) is 1. The van der Waals surface area contributed by atoms with Crippen molar-refractivity contribution in [2.45, 2.75) is 46.3 Å². The molecule has 1 aliphatic rings. The quantitative estimate of drug-likeness (QED) is 0.520. The molecule has 3 rings (SSSR count). The predicted octanol–water partition coefficient (Wildman–Crippen LogP) is 6.23. The van der Waals surface area contributed by atoms with Gasteiger partial charge in [-0.25, -0.2) is 13.6 Å². The molecule has 0 aliphatic carbocycles. The monoisotopic (exact) mass is 437 g/mol. The molecule has 1 atom stereocenters. The highest BCUT2D eigenvalue weighted by Gasteiger charge is 2.41. The van der Waals surface area contributed by atoms with E-state index in [9.17, 15) is 13.6 Å². The Morgan fingerprint density at radius 3 is 2.56 bits per heavy atom. The number of fused-ring (bicyclic) bond motifs is 1. The second-order valence-corrected chi connectivity index (χ2v) is 8.67. The van der Waals surface area contributed by atoms with Gasteiger partial charge in [-0.2, -0.15) is 0 Å². The minimum atomic E-state index is -0.924. The molecule has 0 saturated heterocycles. The summed E-state index contributed by atoms with van der Waals surface area (Å²) in [6.45, 7) is 6.18. The Kier molecular flexibility index (Phi) is 5.56. The molecule has 0 radical (unpaired) electrons. The minimum Gasteiger partial charge on any atom is -0.444 e. The lowest BCUT2D eigenvalue weighted by Crippen LogP contribution is -2.51. The second kappa shape index (κ2) is 7.58. The van der Waals surface area contributed by atoms with E-state index in [0.29, 0.717) is 23.0 Å². The molecule has 6 heteroatoms. The van der Waals surface area contributed by atoms with Crippen molar-refractivity contribution < 1.29 is 18.3 Å². The third-order valence-corrected chi connectivity index (χ3v) is 5.47. The van der Waals surface area contributed by atoms with E-state index >= 15 is 0 Å². The Bertz CT molecular complexity index is 849. The van der Waals surface area contributed by atoms with E-state index < -0.39 is 17.7 Å². The van der Waals surface area contributed by atoms with Gasteiger partial charge in [-0.15, -0.1) is 0 Å². The maximum absolute atomic E-state index is 14.4. The summed E-state index contributed by atoms with van der Waals surface area (Å²) in [5.74, 6) is -1.83. The van der Waals surface area contributed by atoms with Crippen molar-refractivity contribution in [1.82, 2.24) is 0 Å². The van der Waals surface area contributed by atoms with Crippen LogP contribution >= 0.6 is 15.9 Å². The van der Waals surface area contributed by atoms with Crippen LogP contribution in [0.2, 0.25) is 0 Å². The topological polar surface area (TPSA) is 29.5 Å². The molecule has 2 aromatic carbocycles. The van der Waals surface area contributed by atoms with Crippen molar-refractivity contribution in [3.8, 4) is 0 Å². The molecule has 0 aromatic heterocycles. The standard InChI is InChI=1S/C21H22BrF2NO2/c1-21(2,3)17-10-9-14-18(24)16(23)11-15(22)19(14)25(17)20(26)27-12-13-7-5-4-6-8-13/h4-8,11,17H,9-10,12H2,1-3H3. The Hall–Kier alpha value is -1.95. The summed E-state index contributed by atoms with van der Waals surface area (Å²) in [5.41, 5.74) is 1.17. The van der Waals surface area contributed by atoms with Gasteiger partial charge in [0.25, 0.3) is 0 Å². The van der Waals surface area contributed by atoms with Gasteiger partial charge in [0.15, 0.2) is 11.6 Å². The molecular weight excluding hydrogens is 416 g/mol. The molecule has 144 valence electrons. The van der Waals surface area contributed by atoms with Crippen LogP contribution in [0.1, 0.15) is 38.3 Å². The number of ether oxygens (including phenoxy) is 1. The van der Waals surface area contributed by atoms with Crippen LogP contribution in [0, 0.1) is 17.0 Å². The zero-order valence-electron chi connectivity index (χ0n) is 15.6. The lowest BCUT2D eigenvalue weighted by Gasteiger charge is -2.43. The highest BCUT2D eigenvalue weighted by molar-refractivity contribution is 9.10. The summed E-state index contributed by atoms with van der Waals surface area (Å²) < 4.78 is 34.1. The minimum absolute atomic E-state index is 0.115. The molecule has 0 fully saturated rings. The van der Waals surface area contributed by atoms with Crippen molar-refractivity contribution in [2.75, 3.05) is 4.90 Å². The number of amides is 1. The maximum atomic E-state index is 14.4. The zero-order valence-corrected chi connectivity index (χ0v) is 17.1. The molecule has 0 N–H and O–H groups in total. The first-order valence-electron chi connectivity index (χ1n) is 8.86. The van der Waals surface area contributed by atoms with Gasteiger partial charge in [-0.05, 0) is 45.8 Å². The van der Waals surface area contributed by atoms with Crippen LogP contribution in [-0.2, 0) is 17.8 Å². The van der Waals surface area contributed by atoms with Crippen LogP contribution in [0.4, 0.5) is 19.3 Å². The average molecular weight is 438 g/mol. The summed E-state index contributed by atoms with van der Waals surface area (Å²) in [6, 6.07) is 10.2. The van der Waals surface area contributed by atoms with Gasteiger partial charge in [0.05, 0.1) is 5.69 Å². The van der Waals surface area contributed by atoms with E-state index in [1.54, 1.807) is 0 Å². The van der Waals surface area contributed by atoms with E-state index in [2.05, 4.69) is 15.9 Å². The molecule has 0 saturated carbocycles. The third-order valence-electron chi connectivity index (χ3n) is 4.86. The van der Waals surface area contributed by atoms with Gasteiger partial charge in [0.2, 0.25) is 0 Å². The molecule has 2 aromatic rings. The fraction of sp³-hybridized carbons (Fsp3) is 0.381. The van der Waals surface area contributed by atoms with Crippen molar-refractivity contribution in [1.29, 1.82) is 0 Å². The summed E-state index contributed by atoms with van der Waals surface area (Å²) in [5, 5.41) is 0. The number of rotatable bonds is 2. The van der Waals surface area contributed by atoms with Gasteiger partial charge in [-0.1, -0.05) is 51.1 Å². The molecule has 27 heavy (non-hydrogen) atoms. The Morgan fingerprint density at radius 2 is 1.93 bits per heavy atom. The Labute approximate surface area is 166 Å². The number of carbonyl (C=O) groups is 1.